The smallest absolute Gasteiger partial charge is 0.590 e. The second-order valence-corrected chi connectivity index (χ2v) is 21.2. The number of carbonyl (C=O) groups excluding carboxylic acids is 4. The number of halogens is 3. The number of piperidine rings is 2. The first-order chi connectivity index (χ1) is 32.5. The average Bonchev–Trinajstić information content (AvgIpc) is 3.83. The Morgan fingerprint density at radius 1 is 0.913 bits per heavy atom. The van der Waals surface area contributed by atoms with Crippen LogP contribution in [-0.4, -0.2) is 78.3 Å². The minimum absolute atomic E-state index is 0. The van der Waals surface area contributed by atoms with Crippen LogP contribution in [0.2, 0.25) is 10.0 Å². The molecule has 9 rings (SSSR count). The Kier molecular flexibility index (Phi) is 19.7. The van der Waals surface area contributed by atoms with Gasteiger partial charge in [-0.15, -0.1) is 5.92 Å². The largest absolute Gasteiger partial charge is 1.00 e. The molecule has 4 amide bonds. The standard InChI is InChI=1S/C26H35N4O7P.C17H22ClN3O.C6H4ClF.K/c31-23-9-8-21(24(32)27-23)30-20-7-6-19(16-22(20)29(26(30)34)14-15-38(35,36)37)17-10-12-28(13-11-17)25(33)18-4-2-1-3-5-18;1-20-14-9-11(18)5-6-12(14)13-10-15(16(19)22)21-17(13)7-3-2-4-8-17;7-5-3-1-2-4-6(5)8;/h6-7,16-18,21H,1-5,8-15H2,(H,27,31,32)(H2,35,36,37);5-6,9,15,20-21H,1-4,7-8,10H2,(H2,19,22);1-4H;/q;-2;;+1. The van der Waals surface area contributed by atoms with E-state index in [0.29, 0.717) is 35.6 Å². The molecule has 5 aliphatic rings. The van der Waals surface area contributed by atoms with Crippen LogP contribution in [0, 0.1) is 24.7 Å². The number of aromatic nitrogens is 2. The van der Waals surface area contributed by atoms with Crippen LogP contribution in [0.4, 0.5) is 10.1 Å². The molecule has 1 aromatic heterocycles. The van der Waals surface area contributed by atoms with E-state index < -0.39 is 31.4 Å². The number of primary amides is 1. The number of anilines is 1. The molecule has 69 heavy (non-hydrogen) atoms. The van der Waals surface area contributed by atoms with E-state index in [0.717, 1.165) is 68.2 Å². The summed E-state index contributed by atoms with van der Waals surface area (Å²) < 4.78 is 26.5. The van der Waals surface area contributed by atoms with Crippen LogP contribution >= 0.6 is 30.8 Å². The van der Waals surface area contributed by atoms with Crippen molar-refractivity contribution in [3.8, 4) is 0 Å². The minimum atomic E-state index is -4.37. The molecule has 5 fully saturated rings. The maximum atomic E-state index is 13.5. The number of hydrogen-bond acceptors (Lipinski definition) is 8. The molecule has 4 aromatic rings. The third-order valence-electron chi connectivity index (χ3n) is 14.2. The van der Waals surface area contributed by atoms with Crippen LogP contribution < -0.4 is 78.8 Å². The first kappa shape index (κ1) is 55.3. The van der Waals surface area contributed by atoms with E-state index >= 15 is 0 Å². The normalized spacial score (nSPS) is 20.8. The Labute approximate surface area is 454 Å². The SMILES string of the molecule is Fc1ccccc1Cl.O=C1CCC(n2c(=O)n(CCP(=O)(O)O)c3cc(C4CCN(C(=O)C5CCCCC5)CC4)ccc32)C(=O)N1.[CH2-]Nc1cc(Cl)ccc1[C-]1CC(C(N)=O)NC12CCCCC2.[K+]. The predicted molar refractivity (Wildman–Crippen MR) is 260 cm³/mol. The zero-order valence-electron chi connectivity index (χ0n) is 39.1. The Hall–Kier alpha value is -3.06. The number of benzene rings is 3. The summed E-state index contributed by atoms with van der Waals surface area (Å²) in [5, 5.41) is 9.63. The molecular formula is C49H61Cl2FKN7O8P-. The Morgan fingerprint density at radius 3 is 2.20 bits per heavy atom. The number of nitrogens with two attached hydrogens (primary N) is 1. The van der Waals surface area contributed by atoms with E-state index in [1.165, 1.54) is 52.9 Å². The van der Waals surface area contributed by atoms with Crippen LogP contribution in [0.3, 0.4) is 0 Å². The number of fused-ring (bicyclic) bond motifs is 1. The summed E-state index contributed by atoms with van der Waals surface area (Å²) in [6.45, 7) is 1.17. The molecular weight excluding hydrogens is 975 g/mol. The van der Waals surface area contributed by atoms with Crippen molar-refractivity contribution in [1.29, 1.82) is 0 Å². The number of amides is 4. The first-order valence-corrected chi connectivity index (χ1v) is 26.1. The Bertz CT molecular complexity index is 2570. The van der Waals surface area contributed by atoms with Crippen LogP contribution in [0.25, 0.3) is 11.0 Å². The fourth-order valence-electron chi connectivity index (χ4n) is 10.6. The van der Waals surface area contributed by atoms with Crippen LogP contribution in [0.15, 0.2) is 65.5 Å². The van der Waals surface area contributed by atoms with Crippen molar-refractivity contribution in [3.63, 3.8) is 0 Å². The molecule has 20 heteroatoms. The summed E-state index contributed by atoms with van der Waals surface area (Å²) in [5.41, 5.74) is 8.90. The molecule has 4 heterocycles. The third kappa shape index (κ3) is 13.5. The average molecular weight is 1040 g/mol. The van der Waals surface area contributed by atoms with E-state index in [-0.39, 0.29) is 123 Å². The van der Waals surface area contributed by atoms with Crippen LogP contribution in [-0.2, 0) is 30.3 Å². The molecule has 3 aliphatic heterocycles. The van der Waals surface area contributed by atoms with E-state index in [4.69, 9.17) is 28.9 Å². The van der Waals surface area contributed by atoms with Gasteiger partial charge in [0.25, 0.3) is 0 Å². The van der Waals surface area contributed by atoms with Gasteiger partial charge >= 0.3 is 64.7 Å². The molecule has 2 atom stereocenters. The van der Waals surface area contributed by atoms with E-state index in [9.17, 15) is 42.7 Å². The zero-order chi connectivity index (χ0) is 48.8. The van der Waals surface area contributed by atoms with Gasteiger partial charge in [-0.2, -0.15) is 11.6 Å². The molecule has 2 aliphatic carbocycles. The molecule has 3 saturated heterocycles. The Balaban J connectivity index is 0.000000211. The molecule has 0 radical (unpaired) electrons. The van der Waals surface area contributed by atoms with Gasteiger partial charge in [0, 0.05) is 37.0 Å². The molecule has 2 unspecified atom stereocenters. The van der Waals surface area contributed by atoms with Crippen molar-refractivity contribution in [2.45, 2.75) is 126 Å². The third-order valence-corrected chi connectivity index (χ3v) is 15.5. The fraction of sp³-hybridized carbons (Fsp3) is 0.490. The van der Waals surface area contributed by atoms with Gasteiger partial charge in [0.2, 0.25) is 23.6 Å². The van der Waals surface area contributed by atoms with Crippen molar-refractivity contribution in [3.05, 3.63) is 111 Å². The fourth-order valence-corrected chi connectivity index (χ4v) is 11.4. The van der Waals surface area contributed by atoms with E-state index in [2.05, 4.69) is 23.0 Å². The summed E-state index contributed by atoms with van der Waals surface area (Å²) in [7, 11) is -0.587. The maximum Gasteiger partial charge on any atom is 1.00 e. The van der Waals surface area contributed by atoms with Crippen molar-refractivity contribution in [2.24, 2.45) is 11.7 Å². The van der Waals surface area contributed by atoms with Crippen molar-refractivity contribution >= 4 is 71.1 Å². The number of aryl methyl sites for hydroxylation is 1. The molecule has 3 aromatic carbocycles. The topological polar surface area (TPSA) is 218 Å². The monoisotopic (exact) mass is 1030 g/mol. The number of hydrogen-bond donors (Lipinski definition) is 6. The molecule has 2 saturated carbocycles. The van der Waals surface area contributed by atoms with Gasteiger partial charge in [-0.05, 0) is 86.2 Å². The maximum absolute atomic E-state index is 13.5. The van der Waals surface area contributed by atoms with Gasteiger partial charge in [-0.1, -0.05) is 104 Å². The minimum Gasteiger partial charge on any atom is -0.590 e. The molecule has 1 spiro atoms. The van der Waals surface area contributed by atoms with E-state index in [1.54, 1.807) is 18.2 Å². The zero-order valence-corrected chi connectivity index (χ0v) is 44.6. The number of likely N-dealkylation sites (tertiary alicyclic amines) is 1. The Morgan fingerprint density at radius 2 is 1.59 bits per heavy atom. The van der Waals surface area contributed by atoms with Crippen LogP contribution in [0.5, 0.6) is 0 Å². The number of imidazole rings is 1. The van der Waals surface area contributed by atoms with Crippen molar-refractivity contribution in [1.82, 2.24) is 24.7 Å². The van der Waals surface area contributed by atoms with Gasteiger partial charge in [0.1, 0.15) is 11.9 Å². The number of rotatable bonds is 9. The second kappa shape index (κ2) is 24.6. The van der Waals surface area contributed by atoms with Crippen molar-refractivity contribution in [2.75, 3.05) is 24.6 Å². The number of nitrogens with one attached hydrogen (secondary N) is 3. The number of imide groups is 1. The molecule has 0 bridgehead atoms. The van der Waals surface area contributed by atoms with Crippen molar-refractivity contribution < 1.29 is 89.3 Å². The van der Waals surface area contributed by atoms with Gasteiger partial charge in [0.15, 0.2) is 0 Å². The molecule has 7 N–H and O–H groups in total. The first-order valence-electron chi connectivity index (χ1n) is 23.6. The predicted octanol–water partition coefficient (Wildman–Crippen LogP) is 4.74. The quantitative estimate of drug-likeness (QED) is 0.0586. The molecule has 368 valence electrons. The summed E-state index contributed by atoms with van der Waals surface area (Å²) in [5.74, 6) is 0.264. The van der Waals surface area contributed by atoms with Crippen LogP contribution in [0.1, 0.15) is 119 Å². The van der Waals surface area contributed by atoms with Gasteiger partial charge < -0.3 is 31.1 Å². The summed E-state index contributed by atoms with van der Waals surface area (Å²) in [4.78, 5) is 83.3. The summed E-state index contributed by atoms with van der Waals surface area (Å²) >= 11 is 11.4. The van der Waals surface area contributed by atoms with E-state index in [1.807, 2.05) is 35.2 Å². The molecule has 15 nitrogen and oxygen atoms in total. The second-order valence-electron chi connectivity index (χ2n) is 18.5. The summed E-state index contributed by atoms with van der Waals surface area (Å²) in [6.07, 6.45) is 13.1. The number of carbonyl (C=O) groups is 4. The summed E-state index contributed by atoms with van der Waals surface area (Å²) in [6, 6.07) is 16.3. The van der Waals surface area contributed by atoms with Gasteiger partial charge in [-0.25, -0.2) is 9.18 Å². The van der Waals surface area contributed by atoms with Gasteiger partial charge in [0.05, 0.1) is 28.3 Å². The van der Waals surface area contributed by atoms with Gasteiger partial charge in [-0.3, -0.25) is 45.2 Å². The number of nitrogens with zero attached hydrogens (tertiary/aromatic N) is 3.